The molecule has 1 aromatic heterocycles. The van der Waals surface area contributed by atoms with E-state index in [1.54, 1.807) is 19.1 Å². The Morgan fingerprint density at radius 2 is 1.77 bits per heavy atom. The average Bonchev–Trinajstić information content (AvgIpc) is 2.68. The van der Waals surface area contributed by atoms with E-state index in [9.17, 15) is 22.8 Å². The summed E-state index contributed by atoms with van der Waals surface area (Å²) in [7, 11) is -4.10. The number of benzene rings is 1. The molecule has 0 fully saturated rings. The lowest BCUT2D eigenvalue weighted by molar-refractivity contribution is -0.118. The lowest BCUT2D eigenvalue weighted by Crippen LogP contribution is -2.30. The van der Waals surface area contributed by atoms with Crippen molar-refractivity contribution in [1.29, 1.82) is 0 Å². The summed E-state index contributed by atoms with van der Waals surface area (Å²) in [5, 5.41) is 2.65. The quantitative estimate of drug-likeness (QED) is 0.593. The van der Waals surface area contributed by atoms with E-state index in [1.807, 2.05) is 4.72 Å². The molecule has 0 atom stereocenters. The van der Waals surface area contributed by atoms with E-state index in [1.165, 1.54) is 31.2 Å². The topological polar surface area (TPSA) is 141 Å². The van der Waals surface area contributed by atoms with Crippen LogP contribution in [0.25, 0.3) is 0 Å². The van der Waals surface area contributed by atoms with Crippen LogP contribution in [0.3, 0.4) is 0 Å². The zero-order valence-corrected chi connectivity index (χ0v) is 17.2. The standard InChI is InChI=1S/C19H21N3O7S/c1-3-28-19(25)29-17-9-6-15(12-21-17)18(24)22-30(26,27)16-7-4-14(5-8-16)10-11-20-13(2)23/h4-9,12H,3,10-11H2,1-2H3,(H,20,23)(H,22,24). The van der Waals surface area contributed by atoms with Crippen LogP contribution in [-0.4, -0.2) is 44.5 Å². The predicted octanol–water partition coefficient (Wildman–Crippen LogP) is 1.41. The highest BCUT2D eigenvalue weighted by Crippen LogP contribution is 2.13. The van der Waals surface area contributed by atoms with Gasteiger partial charge in [0, 0.05) is 25.7 Å². The molecule has 1 heterocycles. The molecule has 0 radical (unpaired) electrons. The fourth-order valence-electron chi connectivity index (χ4n) is 2.27. The molecule has 2 N–H and O–H groups in total. The Bertz CT molecular complexity index is 1000. The molecule has 0 aliphatic carbocycles. The first-order valence-electron chi connectivity index (χ1n) is 8.92. The summed E-state index contributed by atoms with van der Waals surface area (Å²) in [4.78, 5) is 38.0. The van der Waals surface area contributed by atoms with Crippen LogP contribution in [0, 0.1) is 0 Å². The predicted molar refractivity (Wildman–Crippen MR) is 105 cm³/mol. The first-order valence-corrected chi connectivity index (χ1v) is 10.4. The molecule has 2 amide bonds. The third-order valence-electron chi connectivity index (χ3n) is 3.70. The van der Waals surface area contributed by atoms with E-state index in [0.29, 0.717) is 13.0 Å². The van der Waals surface area contributed by atoms with Gasteiger partial charge in [-0.15, -0.1) is 0 Å². The summed E-state index contributed by atoms with van der Waals surface area (Å²) < 4.78 is 36.2. The number of hydrogen-bond donors (Lipinski definition) is 2. The molecule has 0 bridgehead atoms. The van der Waals surface area contributed by atoms with E-state index in [-0.39, 0.29) is 28.9 Å². The number of nitrogens with zero attached hydrogens (tertiary/aromatic N) is 1. The number of pyridine rings is 1. The van der Waals surface area contributed by atoms with Gasteiger partial charge in [-0.25, -0.2) is 22.9 Å². The molecule has 0 unspecified atom stereocenters. The van der Waals surface area contributed by atoms with Crippen molar-refractivity contribution in [2.24, 2.45) is 0 Å². The smallest absolute Gasteiger partial charge is 0.434 e. The van der Waals surface area contributed by atoms with E-state index in [2.05, 4.69) is 15.0 Å². The van der Waals surface area contributed by atoms with Crippen LogP contribution >= 0.6 is 0 Å². The molecule has 2 rings (SSSR count). The highest BCUT2D eigenvalue weighted by atomic mass is 32.2. The molecule has 1 aromatic carbocycles. The second-order valence-electron chi connectivity index (χ2n) is 5.98. The molecular formula is C19H21N3O7S. The number of carbonyl (C=O) groups excluding carboxylic acids is 3. The first kappa shape index (κ1) is 22.8. The van der Waals surface area contributed by atoms with E-state index in [0.717, 1.165) is 11.8 Å². The van der Waals surface area contributed by atoms with Gasteiger partial charge in [0.15, 0.2) is 0 Å². The van der Waals surface area contributed by atoms with Crippen LogP contribution in [0.15, 0.2) is 47.5 Å². The lowest BCUT2D eigenvalue weighted by atomic mass is 10.1. The van der Waals surface area contributed by atoms with Gasteiger partial charge in [0.25, 0.3) is 15.9 Å². The fraction of sp³-hybridized carbons (Fsp3) is 0.263. The lowest BCUT2D eigenvalue weighted by Gasteiger charge is -2.08. The summed E-state index contributed by atoms with van der Waals surface area (Å²) in [6.45, 7) is 3.59. The van der Waals surface area contributed by atoms with E-state index < -0.39 is 22.1 Å². The molecule has 160 valence electrons. The largest absolute Gasteiger partial charge is 0.515 e. The molecule has 0 saturated carbocycles. The summed E-state index contributed by atoms with van der Waals surface area (Å²) in [6.07, 6.45) is 0.674. The normalized spacial score (nSPS) is 10.7. The van der Waals surface area contributed by atoms with Crippen molar-refractivity contribution >= 4 is 28.0 Å². The Morgan fingerprint density at radius 1 is 1.07 bits per heavy atom. The third-order valence-corrected chi connectivity index (χ3v) is 5.04. The summed E-state index contributed by atoms with van der Waals surface area (Å²) in [6, 6.07) is 8.44. The van der Waals surface area contributed by atoms with Gasteiger partial charge in [0.1, 0.15) is 0 Å². The number of carbonyl (C=O) groups is 3. The number of aromatic nitrogens is 1. The van der Waals surface area contributed by atoms with Crippen LogP contribution in [0.5, 0.6) is 5.88 Å². The molecular weight excluding hydrogens is 414 g/mol. The van der Waals surface area contributed by atoms with Gasteiger partial charge in [-0.3, -0.25) is 9.59 Å². The minimum atomic E-state index is -4.10. The second kappa shape index (κ2) is 10.3. The average molecular weight is 435 g/mol. The third kappa shape index (κ3) is 6.85. The second-order valence-corrected chi connectivity index (χ2v) is 7.66. The number of ether oxygens (including phenoxy) is 2. The summed E-state index contributed by atoms with van der Waals surface area (Å²) in [5.41, 5.74) is 0.789. The molecule has 0 spiro atoms. The van der Waals surface area contributed by atoms with Crippen LogP contribution in [0.1, 0.15) is 29.8 Å². The molecule has 0 aliphatic heterocycles. The molecule has 0 aliphatic rings. The fourth-order valence-corrected chi connectivity index (χ4v) is 3.24. The monoisotopic (exact) mass is 435 g/mol. The maximum atomic E-state index is 12.4. The van der Waals surface area contributed by atoms with Gasteiger partial charge in [-0.2, -0.15) is 0 Å². The van der Waals surface area contributed by atoms with Crippen molar-refractivity contribution in [3.05, 3.63) is 53.7 Å². The highest BCUT2D eigenvalue weighted by Gasteiger charge is 2.19. The number of hydrogen-bond acceptors (Lipinski definition) is 8. The number of rotatable bonds is 8. The maximum Gasteiger partial charge on any atom is 0.515 e. The molecule has 10 nitrogen and oxygen atoms in total. The Morgan fingerprint density at radius 3 is 2.33 bits per heavy atom. The minimum Gasteiger partial charge on any atom is -0.434 e. The van der Waals surface area contributed by atoms with Gasteiger partial charge in [0.2, 0.25) is 11.8 Å². The van der Waals surface area contributed by atoms with Crippen LogP contribution < -0.4 is 14.8 Å². The van der Waals surface area contributed by atoms with Crippen molar-refractivity contribution in [2.75, 3.05) is 13.2 Å². The Kier molecular flexibility index (Phi) is 7.87. The first-order chi connectivity index (χ1) is 14.2. The van der Waals surface area contributed by atoms with Crippen molar-refractivity contribution < 1.29 is 32.3 Å². The van der Waals surface area contributed by atoms with E-state index in [4.69, 9.17) is 4.74 Å². The molecule has 11 heteroatoms. The van der Waals surface area contributed by atoms with Gasteiger partial charge < -0.3 is 14.8 Å². The molecule has 0 saturated heterocycles. The zero-order valence-electron chi connectivity index (χ0n) is 16.4. The number of amides is 2. The zero-order chi connectivity index (χ0) is 22.1. The minimum absolute atomic E-state index is 0.0401. The highest BCUT2D eigenvalue weighted by molar-refractivity contribution is 7.90. The maximum absolute atomic E-state index is 12.4. The number of sulfonamides is 1. The van der Waals surface area contributed by atoms with Crippen LogP contribution in [0.4, 0.5) is 4.79 Å². The number of nitrogens with one attached hydrogen (secondary N) is 2. The summed E-state index contributed by atoms with van der Waals surface area (Å²) >= 11 is 0. The van der Waals surface area contributed by atoms with Crippen LogP contribution in [0.2, 0.25) is 0 Å². The van der Waals surface area contributed by atoms with Crippen molar-refractivity contribution in [1.82, 2.24) is 15.0 Å². The SMILES string of the molecule is CCOC(=O)Oc1ccc(C(=O)NS(=O)(=O)c2ccc(CCNC(C)=O)cc2)cn1. The Hall–Kier alpha value is -3.47. The van der Waals surface area contributed by atoms with Gasteiger partial charge >= 0.3 is 6.16 Å². The van der Waals surface area contributed by atoms with E-state index >= 15 is 0 Å². The van der Waals surface area contributed by atoms with Gasteiger partial charge in [-0.1, -0.05) is 12.1 Å². The van der Waals surface area contributed by atoms with Crippen molar-refractivity contribution in [3.63, 3.8) is 0 Å². The van der Waals surface area contributed by atoms with Gasteiger partial charge in [0.05, 0.1) is 17.1 Å². The molecule has 30 heavy (non-hydrogen) atoms. The van der Waals surface area contributed by atoms with Gasteiger partial charge in [-0.05, 0) is 37.1 Å². The molecule has 2 aromatic rings. The Labute approximate surface area is 173 Å². The van der Waals surface area contributed by atoms with Crippen molar-refractivity contribution in [3.8, 4) is 5.88 Å². The van der Waals surface area contributed by atoms with Crippen LogP contribution in [-0.2, 0) is 26.0 Å². The van der Waals surface area contributed by atoms with Crippen molar-refractivity contribution in [2.45, 2.75) is 25.2 Å². The summed E-state index contributed by atoms with van der Waals surface area (Å²) in [5.74, 6) is -1.13. The Balaban J connectivity index is 1.99.